The number of methoxy groups -OCH3 is 2. The Labute approximate surface area is 177 Å². The highest BCUT2D eigenvalue weighted by atomic mass is 16.6. The highest BCUT2D eigenvalue weighted by Crippen LogP contribution is 2.33. The first-order chi connectivity index (χ1) is 14.9. The minimum Gasteiger partial charge on any atom is -0.467 e. The summed E-state index contributed by atoms with van der Waals surface area (Å²) in [5, 5.41) is 13.9. The van der Waals surface area contributed by atoms with Gasteiger partial charge in [-0.2, -0.15) is 0 Å². The van der Waals surface area contributed by atoms with E-state index in [4.69, 9.17) is 9.47 Å². The summed E-state index contributed by atoms with van der Waals surface area (Å²) in [6, 6.07) is 12.8. The minimum atomic E-state index is -1.41. The molecule has 0 bridgehead atoms. The summed E-state index contributed by atoms with van der Waals surface area (Å²) in [5.74, 6) is -2.40. The van der Waals surface area contributed by atoms with Gasteiger partial charge in [-0.1, -0.05) is 30.3 Å². The van der Waals surface area contributed by atoms with Gasteiger partial charge in [0.1, 0.15) is 11.3 Å². The van der Waals surface area contributed by atoms with Crippen LogP contribution < -0.4 is 10.2 Å². The third kappa shape index (κ3) is 4.22. The Hall–Kier alpha value is -4.21. The van der Waals surface area contributed by atoms with Crippen molar-refractivity contribution in [2.24, 2.45) is 0 Å². The van der Waals surface area contributed by atoms with Gasteiger partial charge in [-0.15, -0.1) is 0 Å². The third-order valence-corrected chi connectivity index (χ3v) is 4.71. The van der Waals surface area contributed by atoms with Crippen molar-refractivity contribution < 1.29 is 28.8 Å². The van der Waals surface area contributed by atoms with Crippen LogP contribution in [0, 0.1) is 10.1 Å². The SMILES string of the molecule is COC(=O)C1=C(NCc2ccccc2)C(=O)N(c2ccc([N+](=O)[O-])cc2)C1C(=O)OC. The van der Waals surface area contributed by atoms with Crippen LogP contribution in [0.2, 0.25) is 0 Å². The van der Waals surface area contributed by atoms with Gasteiger partial charge in [-0.3, -0.25) is 19.8 Å². The van der Waals surface area contributed by atoms with Crippen molar-refractivity contribution in [1.29, 1.82) is 0 Å². The third-order valence-electron chi connectivity index (χ3n) is 4.71. The highest BCUT2D eigenvalue weighted by Gasteiger charge is 2.48. The lowest BCUT2D eigenvalue weighted by Gasteiger charge is -2.24. The zero-order valence-corrected chi connectivity index (χ0v) is 16.7. The smallest absolute Gasteiger partial charge is 0.338 e. The normalized spacial score (nSPS) is 15.6. The quantitative estimate of drug-likeness (QED) is 0.403. The Kier molecular flexibility index (Phi) is 6.29. The number of non-ortho nitro benzene ring substituents is 1. The van der Waals surface area contributed by atoms with Crippen LogP contribution in [0.5, 0.6) is 0 Å². The van der Waals surface area contributed by atoms with Crippen molar-refractivity contribution in [2.75, 3.05) is 19.1 Å². The maximum atomic E-state index is 13.3. The minimum absolute atomic E-state index is 0.107. The van der Waals surface area contributed by atoms with Gasteiger partial charge < -0.3 is 14.8 Å². The zero-order valence-electron chi connectivity index (χ0n) is 16.7. The molecule has 1 aliphatic rings. The lowest BCUT2D eigenvalue weighted by Crippen LogP contribution is -2.43. The Balaban J connectivity index is 2.04. The molecule has 10 nitrogen and oxygen atoms in total. The van der Waals surface area contributed by atoms with Gasteiger partial charge in [0.05, 0.1) is 19.1 Å². The Morgan fingerprint density at radius 2 is 1.71 bits per heavy atom. The first-order valence-corrected chi connectivity index (χ1v) is 9.15. The number of nitrogens with zero attached hydrogens (tertiary/aromatic N) is 2. The fourth-order valence-corrected chi connectivity index (χ4v) is 3.24. The van der Waals surface area contributed by atoms with Crippen molar-refractivity contribution in [3.8, 4) is 0 Å². The predicted octanol–water partition coefficient (Wildman–Crippen LogP) is 1.70. The van der Waals surface area contributed by atoms with Crippen LogP contribution in [-0.4, -0.2) is 43.0 Å². The maximum absolute atomic E-state index is 13.3. The van der Waals surface area contributed by atoms with Crippen LogP contribution in [0.15, 0.2) is 65.9 Å². The molecule has 0 fully saturated rings. The summed E-state index contributed by atoms with van der Waals surface area (Å²) in [6.07, 6.45) is 0. The molecule has 2 aromatic carbocycles. The number of esters is 2. The molecule has 1 N–H and O–H groups in total. The van der Waals surface area contributed by atoms with Gasteiger partial charge in [-0.05, 0) is 17.7 Å². The van der Waals surface area contributed by atoms with E-state index in [0.29, 0.717) is 0 Å². The van der Waals surface area contributed by atoms with Crippen LogP contribution in [0.4, 0.5) is 11.4 Å². The molecule has 0 spiro atoms. The van der Waals surface area contributed by atoms with Crippen molar-refractivity contribution in [2.45, 2.75) is 12.6 Å². The fourth-order valence-electron chi connectivity index (χ4n) is 3.24. The molecule has 0 saturated carbocycles. The Morgan fingerprint density at radius 1 is 1.06 bits per heavy atom. The summed E-state index contributed by atoms with van der Waals surface area (Å²) in [7, 11) is 2.27. The van der Waals surface area contributed by atoms with Gasteiger partial charge in [0.2, 0.25) is 0 Å². The number of benzene rings is 2. The van der Waals surface area contributed by atoms with Gasteiger partial charge in [0.25, 0.3) is 11.6 Å². The second kappa shape index (κ2) is 9.08. The number of nitrogens with one attached hydrogen (secondary N) is 1. The monoisotopic (exact) mass is 425 g/mol. The standard InChI is InChI=1S/C21H19N3O7/c1-30-20(26)16-17(22-12-13-6-4-3-5-7-13)19(25)23(18(16)21(27)31-2)14-8-10-15(11-9-14)24(28)29/h3-11,18,22H,12H2,1-2H3. The van der Waals surface area contributed by atoms with Gasteiger partial charge in [0.15, 0.2) is 6.04 Å². The number of anilines is 1. The molecule has 0 radical (unpaired) electrons. The average Bonchev–Trinajstić information content (AvgIpc) is 3.09. The molecule has 160 valence electrons. The Bertz CT molecular complexity index is 1050. The van der Waals surface area contributed by atoms with E-state index in [1.54, 1.807) is 0 Å². The van der Waals surface area contributed by atoms with Crippen LogP contribution in [0.1, 0.15) is 5.56 Å². The van der Waals surface area contributed by atoms with Crippen LogP contribution in [0.25, 0.3) is 0 Å². The number of amides is 1. The number of carbonyl (C=O) groups excluding carboxylic acids is 3. The maximum Gasteiger partial charge on any atom is 0.338 e. The second-order valence-corrected chi connectivity index (χ2v) is 6.49. The summed E-state index contributed by atoms with van der Waals surface area (Å²) in [5.41, 5.74) is 0.533. The van der Waals surface area contributed by atoms with E-state index in [0.717, 1.165) is 24.7 Å². The van der Waals surface area contributed by atoms with Gasteiger partial charge >= 0.3 is 11.9 Å². The molecule has 10 heteroatoms. The van der Waals surface area contributed by atoms with E-state index in [-0.39, 0.29) is 29.2 Å². The largest absolute Gasteiger partial charge is 0.467 e. The molecule has 1 unspecified atom stereocenters. The molecule has 1 heterocycles. The molecule has 0 saturated heterocycles. The Morgan fingerprint density at radius 3 is 2.26 bits per heavy atom. The zero-order chi connectivity index (χ0) is 22.5. The molecule has 31 heavy (non-hydrogen) atoms. The number of rotatable bonds is 7. The molecule has 0 aromatic heterocycles. The van der Waals surface area contributed by atoms with Crippen molar-refractivity contribution in [3.63, 3.8) is 0 Å². The first-order valence-electron chi connectivity index (χ1n) is 9.15. The molecule has 0 aliphatic carbocycles. The number of nitro groups is 1. The number of nitro benzene ring substituents is 1. The number of hydrogen-bond donors (Lipinski definition) is 1. The van der Waals surface area contributed by atoms with Crippen LogP contribution in [-0.2, 0) is 30.4 Å². The van der Waals surface area contributed by atoms with Crippen molar-refractivity contribution in [3.05, 3.63) is 81.5 Å². The first kappa shape index (κ1) is 21.5. The number of hydrogen-bond acceptors (Lipinski definition) is 8. The summed E-state index contributed by atoms with van der Waals surface area (Å²) in [4.78, 5) is 49.8. The van der Waals surface area contributed by atoms with E-state index in [9.17, 15) is 24.5 Å². The lowest BCUT2D eigenvalue weighted by atomic mass is 10.1. The van der Waals surface area contributed by atoms with E-state index >= 15 is 0 Å². The predicted molar refractivity (Wildman–Crippen MR) is 109 cm³/mol. The average molecular weight is 425 g/mol. The topological polar surface area (TPSA) is 128 Å². The molecular formula is C21H19N3O7. The molecule has 1 aliphatic heterocycles. The highest BCUT2D eigenvalue weighted by molar-refractivity contribution is 6.20. The lowest BCUT2D eigenvalue weighted by molar-refractivity contribution is -0.384. The van der Waals surface area contributed by atoms with E-state index < -0.39 is 28.8 Å². The summed E-state index contributed by atoms with van der Waals surface area (Å²) >= 11 is 0. The number of carbonyl (C=O) groups is 3. The van der Waals surface area contributed by atoms with E-state index in [1.807, 2.05) is 30.3 Å². The van der Waals surface area contributed by atoms with Crippen molar-refractivity contribution in [1.82, 2.24) is 5.32 Å². The summed E-state index contributed by atoms with van der Waals surface area (Å²) < 4.78 is 9.63. The molecule has 3 rings (SSSR count). The van der Waals surface area contributed by atoms with Gasteiger partial charge in [0, 0.05) is 24.4 Å². The second-order valence-electron chi connectivity index (χ2n) is 6.49. The fraction of sp³-hybridized carbons (Fsp3) is 0.190. The molecule has 1 amide bonds. The summed E-state index contributed by atoms with van der Waals surface area (Å²) in [6.45, 7) is 0.213. The van der Waals surface area contributed by atoms with E-state index in [1.165, 1.54) is 24.3 Å². The molecule has 1 atom stereocenters. The van der Waals surface area contributed by atoms with Gasteiger partial charge in [-0.25, -0.2) is 9.59 Å². The molecular weight excluding hydrogens is 406 g/mol. The molecule has 2 aromatic rings. The van der Waals surface area contributed by atoms with Crippen LogP contribution >= 0.6 is 0 Å². The number of ether oxygens (including phenoxy) is 2. The van der Waals surface area contributed by atoms with Crippen molar-refractivity contribution >= 4 is 29.2 Å². The van der Waals surface area contributed by atoms with Crippen LogP contribution in [0.3, 0.4) is 0 Å². The van der Waals surface area contributed by atoms with E-state index in [2.05, 4.69) is 5.32 Å².